The van der Waals surface area contributed by atoms with Crippen LogP contribution in [0.2, 0.25) is 5.02 Å². The lowest BCUT2D eigenvalue weighted by atomic mass is 9.92. The van der Waals surface area contributed by atoms with Crippen molar-refractivity contribution in [2.24, 2.45) is 5.92 Å². The molecule has 36 heavy (non-hydrogen) atoms. The summed E-state index contributed by atoms with van der Waals surface area (Å²) in [6, 6.07) is 21.7. The summed E-state index contributed by atoms with van der Waals surface area (Å²) >= 11 is 5.91. The molecule has 0 bridgehead atoms. The standard InChI is InChI=1S/C21H23ClN2O.C7H8O3S/c1-23(2)14-17-13-18-5-3-4-6-20(18)24(15-17)21(25)12-9-16-7-10-19(22)11-8-16;1-6-2-4-7(5-3-6)11(8,9)10/h3-12,17H,13-15H2,1-2H3;2-5H,1H3,(H,8,9,10)/b12-9+;. The normalized spacial score (nSPS) is 15.4. The smallest absolute Gasteiger partial charge is 0.294 e. The van der Waals surface area contributed by atoms with Gasteiger partial charge in [0, 0.05) is 29.9 Å². The molecule has 1 N–H and O–H groups in total. The third-order valence-electron chi connectivity index (χ3n) is 5.73. The van der Waals surface area contributed by atoms with Gasteiger partial charge in [-0.15, -0.1) is 0 Å². The van der Waals surface area contributed by atoms with Crippen molar-refractivity contribution in [3.05, 3.63) is 101 Å². The first-order chi connectivity index (χ1) is 17.0. The first-order valence-electron chi connectivity index (χ1n) is 11.5. The SMILES string of the molecule is CN(C)CC1Cc2ccccc2N(C(=O)/C=C/c2ccc(Cl)cc2)C1.Cc1ccc(S(=O)(=O)O)cc1. The Kier molecular flexibility index (Phi) is 9.45. The highest BCUT2D eigenvalue weighted by Crippen LogP contribution is 2.30. The number of hydrogen-bond acceptors (Lipinski definition) is 4. The lowest BCUT2D eigenvalue weighted by Crippen LogP contribution is -2.42. The maximum atomic E-state index is 12.8. The van der Waals surface area contributed by atoms with E-state index < -0.39 is 10.1 Å². The predicted molar refractivity (Wildman–Crippen MR) is 146 cm³/mol. The molecular formula is C28H31ClN2O4S. The number of carbonyl (C=O) groups excluding carboxylic acids is 1. The van der Waals surface area contributed by atoms with Crippen LogP contribution in [0.1, 0.15) is 16.7 Å². The molecule has 3 aromatic rings. The Balaban J connectivity index is 0.000000275. The number of para-hydroxylation sites is 1. The number of carbonyl (C=O) groups is 1. The fourth-order valence-corrected chi connectivity index (χ4v) is 4.67. The molecule has 0 spiro atoms. The number of nitrogens with zero attached hydrogens (tertiary/aromatic N) is 2. The van der Waals surface area contributed by atoms with Crippen molar-refractivity contribution in [2.45, 2.75) is 18.2 Å². The summed E-state index contributed by atoms with van der Waals surface area (Å²) in [6.07, 6.45) is 4.51. The molecule has 190 valence electrons. The topological polar surface area (TPSA) is 77.9 Å². The van der Waals surface area contributed by atoms with Gasteiger partial charge in [0.25, 0.3) is 16.0 Å². The summed E-state index contributed by atoms with van der Waals surface area (Å²) in [7, 11) is 0.133. The van der Waals surface area contributed by atoms with Crippen LogP contribution in [0, 0.1) is 12.8 Å². The van der Waals surface area contributed by atoms with Crippen molar-refractivity contribution in [1.29, 1.82) is 0 Å². The molecule has 4 rings (SSSR count). The molecule has 0 saturated carbocycles. The van der Waals surface area contributed by atoms with Crippen molar-refractivity contribution in [3.8, 4) is 0 Å². The molecule has 3 aromatic carbocycles. The van der Waals surface area contributed by atoms with Gasteiger partial charge >= 0.3 is 0 Å². The quantitative estimate of drug-likeness (QED) is 0.357. The minimum atomic E-state index is -4.02. The molecule has 0 radical (unpaired) electrons. The number of benzene rings is 3. The molecule has 1 unspecified atom stereocenters. The first kappa shape index (κ1) is 27.6. The highest BCUT2D eigenvalue weighted by Gasteiger charge is 2.27. The number of amides is 1. The zero-order valence-electron chi connectivity index (χ0n) is 20.6. The maximum absolute atomic E-state index is 12.8. The van der Waals surface area contributed by atoms with Crippen molar-refractivity contribution < 1.29 is 17.8 Å². The van der Waals surface area contributed by atoms with Crippen LogP contribution < -0.4 is 4.90 Å². The highest BCUT2D eigenvalue weighted by atomic mass is 35.5. The molecular weight excluding hydrogens is 496 g/mol. The van der Waals surface area contributed by atoms with Crippen molar-refractivity contribution in [1.82, 2.24) is 4.90 Å². The van der Waals surface area contributed by atoms with Crippen LogP contribution in [0.25, 0.3) is 6.08 Å². The first-order valence-corrected chi connectivity index (χ1v) is 13.4. The van der Waals surface area contributed by atoms with E-state index in [1.165, 1.54) is 17.7 Å². The third-order valence-corrected chi connectivity index (χ3v) is 6.85. The van der Waals surface area contributed by atoms with E-state index in [1.54, 1.807) is 18.2 Å². The van der Waals surface area contributed by atoms with Gasteiger partial charge < -0.3 is 9.80 Å². The lowest BCUT2D eigenvalue weighted by Gasteiger charge is -2.35. The Morgan fingerprint density at radius 1 is 1.06 bits per heavy atom. The Bertz CT molecular complexity index is 1300. The van der Waals surface area contributed by atoms with Gasteiger partial charge in [0.05, 0.1) is 4.90 Å². The van der Waals surface area contributed by atoms with Crippen LogP contribution in [0.4, 0.5) is 5.69 Å². The van der Waals surface area contributed by atoms with E-state index in [0.717, 1.165) is 36.3 Å². The molecule has 1 atom stereocenters. The van der Waals surface area contributed by atoms with Crippen LogP contribution in [0.5, 0.6) is 0 Å². The van der Waals surface area contributed by atoms with Crippen molar-refractivity contribution in [3.63, 3.8) is 0 Å². The van der Waals surface area contributed by atoms with E-state index in [9.17, 15) is 13.2 Å². The Morgan fingerprint density at radius 2 is 1.69 bits per heavy atom. The van der Waals surface area contributed by atoms with Gasteiger partial charge in [-0.25, -0.2) is 0 Å². The minimum absolute atomic E-state index is 0.0193. The molecule has 0 aliphatic carbocycles. The fraction of sp³-hybridized carbons (Fsp3) is 0.250. The number of anilines is 1. The van der Waals surface area contributed by atoms with Crippen LogP contribution in [-0.4, -0.2) is 51.0 Å². The van der Waals surface area contributed by atoms with Gasteiger partial charge in [0.15, 0.2) is 0 Å². The van der Waals surface area contributed by atoms with E-state index >= 15 is 0 Å². The van der Waals surface area contributed by atoms with Crippen molar-refractivity contribution in [2.75, 3.05) is 32.1 Å². The average Bonchev–Trinajstić information content (AvgIpc) is 2.83. The predicted octanol–water partition coefficient (Wildman–Crippen LogP) is 5.36. The summed E-state index contributed by atoms with van der Waals surface area (Å²) in [6.45, 7) is 3.56. The number of fused-ring (bicyclic) bond motifs is 1. The summed E-state index contributed by atoms with van der Waals surface area (Å²) in [4.78, 5) is 16.9. The van der Waals surface area contributed by atoms with Crippen LogP contribution in [0.15, 0.2) is 83.8 Å². The monoisotopic (exact) mass is 526 g/mol. The van der Waals surface area contributed by atoms with E-state index in [0.29, 0.717) is 10.9 Å². The van der Waals surface area contributed by atoms with Gasteiger partial charge in [0.2, 0.25) is 0 Å². The molecule has 8 heteroatoms. The third kappa shape index (κ3) is 8.03. The van der Waals surface area contributed by atoms with Crippen LogP contribution >= 0.6 is 11.6 Å². The summed E-state index contributed by atoms with van der Waals surface area (Å²) < 4.78 is 29.6. The van der Waals surface area contributed by atoms with Crippen LogP contribution in [-0.2, 0) is 21.3 Å². The van der Waals surface area contributed by atoms with E-state index in [2.05, 4.69) is 25.1 Å². The highest BCUT2D eigenvalue weighted by molar-refractivity contribution is 7.85. The Labute approximate surface area is 218 Å². The van der Waals surface area contributed by atoms with Gasteiger partial charge in [-0.2, -0.15) is 8.42 Å². The fourth-order valence-electron chi connectivity index (χ4n) is 4.07. The second-order valence-electron chi connectivity index (χ2n) is 9.08. The number of hydrogen-bond donors (Lipinski definition) is 1. The maximum Gasteiger partial charge on any atom is 0.294 e. The van der Waals surface area contributed by atoms with E-state index in [-0.39, 0.29) is 10.8 Å². The van der Waals surface area contributed by atoms with Crippen LogP contribution in [0.3, 0.4) is 0 Å². The molecule has 1 amide bonds. The Morgan fingerprint density at radius 3 is 2.31 bits per heavy atom. The van der Waals surface area contributed by atoms with Gasteiger partial charge in [-0.05, 0) is 80.9 Å². The van der Waals surface area contributed by atoms with Gasteiger partial charge in [-0.3, -0.25) is 9.35 Å². The molecule has 6 nitrogen and oxygen atoms in total. The molecule has 0 saturated heterocycles. The largest absolute Gasteiger partial charge is 0.309 e. The zero-order chi connectivity index (χ0) is 26.3. The van der Waals surface area contributed by atoms with Gasteiger partial charge in [-0.1, -0.05) is 59.6 Å². The van der Waals surface area contributed by atoms with Gasteiger partial charge in [0.1, 0.15) is 0 Å². The number of rotatable bonds is 5. The molecule has 1 heterocycles. The zero-order valence-corrected chi connectivity index (χ0v) is 22.2. The second-order valence-corrected chi connectivity index (χ2v) is 10.9. The summed E-state index contributed by atoms with van der Waals surface area (Å²) in [5, 5.41) is 0.694. The second kappa shape index (κ2) is 12.3. The molecule has 1 aliphatic heterocycles. The molecule has 0 fully saturated rings. The van der Waals surface area contributed by atoms with E-state index in [4.69, 9.17) is 16.2 Å². The molecule has 0 aromatic heterocycles. The summed E-state index contributed by atoms with van der Waals surface area (Å²) in [5.74, 6) is 0.462. The summed E-state index contributed by atoms with van der Waals surface area (Å²) in [5.41, 5.74) is 4.20. The minimum Gasteiger partial charge on any atom is -0.309 e. The number of aryl methyl sites for hydroxylation is 1. The molecule has 1 aliphatic rings. The average molecular weight is 527 g/mol. The number of halogens is 1. The lowest BCUT2D eigenvalue weighted by molar-refractivity contribution is -0.114. The van der Waals surface area contributed by atoms with E-state index in [1.807, 2.05) is 60.4 Å². The Hall–Kier alpha value is -2.97. The van der Waals surface area contributed by atoms with Crippen molar-refractivity contribution >= 4 is 39.4 Å².